The van der Waals surface area contributed by atoms with Gasteiger partial charge in [-0.25, -0.2) is 4.98 Å². The van der Waals surface area contributed by atoms with Crippen molar-refractivity contribution in [1.29, 1.82) is 0 Å². The van der Waals surface area contributed by atoms with Gasteiger partial charge in [0.15, 0.2) is 5.84 Å². The number of rotatable bonds is 2. The summed E-state index contributed by atoms with van der Waals surface area (Å²) in [6, 6.07) is 1.65. The number of hydrogen-bond donors (Lipinski definition) is 2. The van der Waals surface area contributed by atoms with Crippen molar-refractivity contribution in [3.63, 3.8) is 0 Å². The Kier molecular flexibility index (Phi) is 3.85. The lowest BCUT2D eigenvalue weighted by Gasteiger charge is -2.39. The monoisotopic (exact) mass is 282 g/mol. The lowest BCUT2D eigenvalue weighted by Crippen LogP contribution is -2.40. The largest absolute Gasteiger partial charge is 0.409 e. The molecule has 3 N–H and O–H groups in total. The Hall–Kier alpha value is -1.49. The predicted octanol–water partition coefficient (Wildman–Crippen LogP) is 2.46. The summed E-state index contributed by atoms with van der Waals surface area (Å²) >= 11 is 6.33. The van der Waals surface area contributed by atoms with Gasteiger partial charge in [0, 0.05) is 24.8 Å². The Bertz CT molecular complexity index is 501. The summed E-state index contributed by atoms with van der Waals surface area (Å²) in [4.78, 5) is 6.51. The highest BCUT2D eigenvalue weighted by atomic mass is 35.5. The number of piperidine rings is 1. The summed E-state index contributed by atoms with van der Waals surface area (Å²) in [6.07, 6.45) is 3.94. The van der Waals surface area contributed by atoms with Gasteiger partial charge in [0.05, 0.1) is 5.02 Å². The molecule has 104 valence electrons. The molecule has 0 radical (unpaired) electrons. The maximum Gasteiger partial charge on any atom is 0.171 e. The fourth-order valence-corrected chi connectivity index (χ4v) is 2.84. The summed E-state index contributed by atoms with van der Waals surface area (Å²) in [5.74, 6) is 0.712. The molecule has 1 aromatic heterocycles. The van der Waals surface area contributed by atoms with Gasteiger partial charge in [0.25, 0.3) is 0 Å². The van der Waals surface area contributed by atoms with Gasteiger partial charge >= 0.3 is 0 Å². The molecule has 2 heterocycles. The molecule has 1 fully saturated rings. The number of pyridine rings is 1. The molecular formula is C13H19ClN4O. The van der Waals surface area contributed by atoms with Crippen molar-refractivity contribution < 1.29 is 5.21 Å². The third-order valence-corrected chi connectivity index (χ3v) is 3.83. The van der Waals surface area contributed by atoms with Crippen molar-refractivity contribution in [3.05, 3.63) is 22.8 Å². The maximum atomic E-state index is 8.77. The summed E-state index contributed by atoms with van der Waals surface area (Å²) in [5, 5.41) is 12.2. The molecule has 2 rings (SSSR count). The Balaban J connectivity index is 2.35. The molecule has 0 unspecified atom stereocenters. The van der Waals surface area contributed by atoms with E-state index in [1.165, 1.54) is 6.42 Å². The Morgan fingerprint density at radius 1 is 1.58 bits per heavy atom. The lowest BCUT2D eigenvalue weighted by atomic mass is 9.84. The van der Waals surface area contributed by atoms with Crippen LogP contribution in [0.4, 0.5) is 5.82 Å². The zero-order valence-electron chi connectivity index (χ0n) is 11.2. The van der Waals surface area contributed by atoms with Crippen LogP contribution >= 0.6 is 11.6 Å². The van der Waals surface area contributed by atoms with Crippen molar-refractivity contribution >= 4 is 23.3 Å². The quantitative estimate of drug-likeness (QED) is 0.378. The van der Waals surface area contributed by atoms with Crippen molar-refractivity contribution in [3.8, 4) is 0 Å². The number of halogens is 1. The van der Waals surface area contributed by atoms with E-state index in [1.807, 2.05) is 0 Å². The Morgan fingerprint density at radius 3 is 2.95 bits per heavy atom. The molecule has 0 spiro atoms. The number of hydrogen-bond acceptors (Lipinski definition) is 4. The van der Waals surface area contributed by atoms with E-state index in [9.17, 15) is 0 Å². The smallest absolute Gasteiger partial charge is 0.171 e. The molecule has 19 heavy (non-hydrogen) atoms. The fourth-order valence-electron chi connectivity index (χ4n) is 2.51. The number of amidine groups is 1. The summed E-state index contributed by atoms with van der Waals surface area (Å²) in [6.45, 7) is 6.30. The molecule has 0 amide bonds. The maximum absolute atomic E-state index is 8.77. The van der Waals surface area contributed by atoms with E-state index in [4.69, 9.17) is 22.5 Å². The Morgan fingerprint density at radius 2 is 2.32 bits per heavy atom. The summed E-state index contributed by atoms with van der Waals surface area (Å²) in [7, 11) is 0. The van der Waals surface area contributed by atoms with Crippen molar-refractivity contribution in [2.45, 2.75) is 26.7 Å². The van der Waals surface area contributed by atoms with E-state index in [0.29, 0.717) is 16.4 Å². The zero-order valence-corrected chi connectivity index (χ0v) is 12.0. The topological polar surface area (TPSA) is 74.7 Å². The van der Waals surface area contributed by atoms with Gasteiger partial charge in [-0.05, 0) is 24.3 Å². The van der Waals surface area contributed by atoms with Crippen LogP contribution < -0.4 is 10.6 Å². The molecule has 5 nitrogen and oxygen atoms in total. The predicted molar refractivity (Wildman–Crippen MR) is 77.0 cm³/mol. The second-order valence-corrected chi connectivity index (χ2v) is 6.05. The lowest BCUT2D eigenvalue weighted by molar-refractivity contribution is 0.292. The molecule has 6 heteroatoms. The van der Waals surface area contributed by atoms with Gasteiger partial charge in [-0.3, -0.25) is 0 Å². The van der Waals surface area contributed by atoms with E-state index < -0.39 is 0 Å². The van der Waals surface area contributed by atoms with Crippen LogP contribution in [-0.2, 0) is 0 Å². The highest BCUT2D eigenvalue weighted by Gasteiger charge is 2.28. The Labute approximate surface area is 118 Å². The number of aromatic nitrogens is 1. The van der Waals surface area contributed by atoms with Crippen LogP contribution in [0, 0.1) is 5.41 Å². The highest BCUT2D eigenvalue weighted by Crippen LogP contribution is 2.34. The van der Waals surface area contributed by atoms with Crippen LogP contribution in [0.15, 0.2) is 17.4 Å². The minimum atomic E-state index is 0.00456. The van der Waals surface area contributed by atoms with E-state index in [1.54, 1.807) is 12.3 Å². The number of nitrogens with zero attached hydrogens (tertiary/aromatic N) is 3. The molecule has 1 aliphatic heterocycles. The van der Waals surface area contributed by atoms with Crippen molar-refractivity contribution in [2.24, 2.45) is 16.3 Å². The zero-order chi connectivity index (χ0) is 14.0. The van der Waals surface area contributed by atoms with Crippen LogP contribution in [0.2, 0.25) is 5.02 Å². The van der Waals surface area contributed by atoms with E-state index in [2.05, 4.69) is 28.9 Å². The van der Waals surface area contributed by atoms with Gasteiger partial charge in [-0.15, -0.1) is 0 Å². The SMILES string of the molecule is CC1(C)CCCN(c2nccc(/C(N)=N/O)c2Cl)C1. The van der Waals surface area contributed by atoms with Crippen LogP contribution in [0.5, 0.6) is 0 Å². The van der Waals surface area contributed by atoms with Crippen LogP contribution in [0.25, 0.3) is 0 Å². The molecule has 1 aliphatic rings. The molecule has 1 saturated heterocycles. The average Bonchev–Trinajstić information content (AvgIpc) is 2.37. The minimum absolute atomic E-state index is 0.00456. The molecule has 0 atom stereocenters. The van der Waals surface area contributed by atoms with Crippen LogP contribution in [-0.4, -0.2) is 29.1 Å². The molecule has 0 bridgehead atoms. The van der Waals surface area contributed by atoms with Gasteiger partial charge in [-0.1, -0.05) is 30.6 Å². The first-order chi connectivity index (χ1) is 8.94. The standard InChI is InChI=1S/C13H19ClN4O/c1-13(2)5-3-7-18(8-13)12-10(14)9(4-6-16-12)11(15)17-19/h4,6,19H,3,5,7-8H2,1-2H3,(H2,15,17). The first-order valence-corrected chi connectivity index (χ1v) is 6.70. The first-order valence-electron chi connectivity index (χ1n) is 6.32. The van der Waals surface area contributed by atoms with Crippen molar-refractivity contribution in [1.82, 2.24) is 4.98 Å². The van der Waals surface area contributed by atoms with Gasteiger partial charge in [0.2, 0.25) is 0 Å². The molecule has 1 aromatic rings. The van der Waals surface area contributed by atoms with E-state index >= 15 is 0 Å². The average molecular weight is 283 g/mol. The van der Waals surface area contributed by atoms with Crippen molar-refractivity contribution in [2.75, 3.05) is 18.0 Å². The summed E-state index contributed by atoms with van der Waals surface area (Å²) in [5.41, 5.74) is 6.37. The minimum Gasteiger partial charge on any atom is -0.409 e. The number of anilines is 1. The second kappa shape index (κ2) is 5.25. The van der Waals surface area contributed by atoms with Gasteiger partial charge < -0.3 is 15.8 Å². The molecule has 0 aliphatic carbocycles. The van der Waals surface area contributed by atoms with Gasteiger partial charge in [0.1, 0.15) is 5.82 Å². The normalized spacial score (nSPS) is 19.5. The van der Waals surface area contributed by atoms with Crippen LogP contribution in [0.1, 0.15) is 32.3 Å². The third-order valence-electron chi connectivity index (χ3n) is 3.45. The third kappa shape index (κ3) is 2.92. The van der Waals surface area contributed by atoms with Gasteiger partial charge in [-0.2, -0.15) is 0 Å². The second-order valence-electron chi connectivity index (χ2n) is 5.67. The number of nitrogens with two attached hydrogens (primary N) is 1. The fraction of sp³-hybridized carbons (Fsp3) is 0.538. The highest BCUT2D eigenvalue weighted by molar-refractivity contribution is 6.36. The molecule has 0 saturated carbocycles. The summed E-state index contributed by atoms with van der Waals surface area (Å²) < 4.78 is 0. The number of oxime groups is 1. The van der Waals surface area contributed by atoms with Crippen LogP contribution in [0.3, 0.4) is 0 Å². The van der Waals surface area contributed by atoms with E-state index in [-0.39, 0.29) is 11.3 Å². The van der Waals surface area contributed by atoms with E-state index in [0.717, 1.165) is 19.5 Å². The first kappa shape index (κ1) is 13.9. The molecule has 0 aromatic carbocycles. The molecular weight excluding hydrogens is 264 g/mol.